The van der Waals surface area contributed by atoms with Gasteiger partial charge in [0, 0.05) is 9.50 Å². The lowest BCUT2D eigenvalue weighted by Gasteiger charge is -2.10. The van der Waals surface area contributed by atoms with Crippen molar-refractivity contribution in [2.45, 2.75) is 0 Å². The van der Waals surface area contributed by atoms with Gasteiger partial charge in [-0.2, -0.15) is 4.98 Å². The molecule has 18 heavy (non-hydrogen) atoms. The largest absolute Gasteiger partial charge is 0.479 e. The molecule has 0 amide bonds. The van der Waals surface area contributed by atoms with Crippen LogP contribution in [0.1, 0.15) is 0 Å². The SMILES string of the molecule is COc1nc(Nc2ccc(Cl)cc2Br)ccc1N. The van der Waals surface area contributed by atoms with Crippen molar-refractivity contribution < 1.29 is 4.74 Å². The summed E-state index contributed by atoms with van der Waals surface area (Å²) in [5.41, 5.74) is 7.06. The normalized spacial score (nSPS) is 10.2. The van der Waals surface area contributed by atoms with Gasteiger partial charge in [-0.15, -0.1) is 0 Å². The number of nitrogens with one attached hydrogen (secondary N) is 1. The number of hydrogen-bond acceptors (Lipinski definition) is 4. The summed E-state index contributed by atoms with van der Waals surface area (Å²) in [4.78, 5) is 4.24. The number of nitrogen functional groups attached to an aromatic ring is 1. The number of pyridine rings is 1. The Hall–Kier alpha value is -1.46. The molecule has 3 N–H and O–H groups in total. The molecule has 4 nitrogen and oxygen atoms in total. The third-order valence-corrected chi connectivity index (χ3v) is 3.17. The third-order valence-electron chi connectivity index (χ3n) is 2.28. The van der Waals surface area contributed by atoms with Gasteiger partial charge in [0.25, 0.3) is 0 Å². The van der Waals surface area contributed by atoms with E-state index in [2.05, 4.69) is 26.2 Å². The summed E-state index contributed by atoms with van der Waals surface area (Å²) in [5, 5.41) is 3.81. The van der Waals surface area contributed by atoms with Crippen molar-refractivity contribution in [3.05, 3.63) is 39.8 Å². The smallest absolute Gasteiger partial charge is 0.238 e. The Labute approximate surface area is 118 Å². The Kier molecular flexibility index (Phi) is 3.93. The van der Waals surface area contributed by atoms with Crippen molar-refractivity contribution in [1.29, 1.82) is 0 Å². The van der Waals surface area contributed by atoms with Crippen LogP contribution >= 0.6 is 27.5 Å². The van der Waals surface area contributed by atoms with Crippen LogP contribution in [0.2, 0.25) is 5.02 Å². The molecule has 0 spiro atoms. The molecule has 6 heteroatoms. The zero-order chi connectivity index (χ0) is 13.1. The molecule has 0 atom stereocenters. The van der Waals surface area contributed by atoms with Crippen LogP contribution in [0, 0.1) is 0 Å². The van der Waals surface area contributed by atoms with Crippen molar-refractivity contribution in [2.24, 2.45) is 0 Å². The number of hydrogen-bond donors (Lipinski definition) is 2. The molecule has 0 aliphatic rings. The monoisotopic (exact) mass is 327 g/mol. The van der Waals surface area contributed by atoms with E-state index in [9.17, 15) is 0 Å². The Morgan fingerprint density at radius 1 is 1.33 bits per heavy atom. The zero-order valence-electron chi connectivity index (χ0n) is 9.58. The van der Waals surface area contributed by atoms with E-state index in [1.165, 1.54) is 7.11 Å². The molecule has 0 radical (unpaired) electrons. The number of methoxy groups -OCH3 is 1. The first-order chi connectivity index (χ1) is 8.60. The maximum absolute atomic E-state index is 5.88. The van der Waals surface area contributed by atoms with Gasteiger partial charge in [0.05, 0.1) is 18.5 Å². The molecule has 1 heterocycles. The molecule has 0 aliphatic carbocycles. The van der Waals surface area contributed by atoms with Crippen LogP contribution in [0.3, 0.4) is 0 Å². The van der Waals surface area contributed by atoms with Gasteiger partial charge in [-0.3, -0.25) is 0 Å². The van der Waals surface area contributed by atoms with E-state index in [1.54, 1.807) is 24.3 Å². The van der Waals surface area contributed by atoms with Gasteiger partial charge in [0.15, 0.2) is 0 Å². The molecule has 0 saturated carbocycles. The first-order valence-corrected chi connectivity index (χ1v) is 6.30. The second kappa shape index (κ2) is 5.46. The van der Waals surface area contributed by atoms with E-state index in [-0.39, 0.29) is 0 Å². The minimum atomic E-state index is 0.394. The van der Waals surface area contributed by atoms with Gasteiger partial charge in [-0.1, -0.05) is 11.6 Å². The standard InChI is InChI=1S/C12H11BrClN3O/c1-18-12-9(15)3-5-11(17-12)16-10-4-2-7(14)6-8(10)13/h2-6H,15H2,1H3,(H,16,17). The third kappa shape index (κ3) is 2.86. The van der Waals surface area contributed by atoms with Crippen LogP contribution in [0.4, 0.5) is 17.2 Å². The van der Waals surface area contributed by atoms with E-state index >= 15 is 0 Å². The molecule has 0 saturated heterocycles. The minimum absolute atomic E-state index is 0.394. The number of anilines is 3. The van der Waals surface area contributed by atoms with Crippen LogP contribution in [0.25, 0.3) is 0 Å². The number of benzene rings is 1. The van der Waals surface area contributed by atoms with E-state index in [1.807, 2.05) is 6.07 Å². The van der Waals surface area contributed by atoms with Crippen molar-refractivity contribution in [3.8, 4) is 5.88 Å². The lowest BCUT2D eigenvalue weighted by atomic mass is 10.3. The molecule has 0 unspecified atom stereocenters. The van der Waals surface area contributed by atoms with Gasteiger partial charge in [-0.25, -0.2) is 0 Å². The van der Waals surface area contributed by atoms with Crippen LogP contribution in [-0.4, -0.2) is 12.1 Å². The molecule has 1 aromatic carbocycles. The first kappa shape index (κ1) is 13.0. The molecule has 0 aliphatic heterocycles. The van der Waals surface area contributed by atoms with Gasteiger partial charge in [0.2, 0.25) is 5.88 Å². The number of aromatic nitrogens is 1. The average molecular weight is 329 g/mol. The van der Waals surface area contributed by atoms with Crippen LogP contribution in [-0.2, 0) is 0 Å². The maximum atomic E-state index is 5.88. The zero-order valence-corrected chi connectivity index (χ0v) is 11.9. The lowest BCUT2D eigenvalue weighted by Crippen LogP contribution is -1.99. The summed E-state index contributed by atoms with van der Waals surface area (Å²) in [7, 11) is 1.53. The van der Waals surface area contributed by atoms with Crippen molar-refractivity contribution in [3.63, 3.8) is 0 Å². The average Bonchev–Trinajstić information content (AvgIpc) is 2.35. The van der Waals surface area contributed by atoms with E-state index < -0.39 is 0 Å². The van der Waals surface area contributed by atoms with E-state index in [0.29, 0.717) is 22.4 Å². The van der Waals surface area contributed by atoms with Crippen LogP contribution in [0.15, 0.2) is 34.8 Å². The molecule has 0 bridgehead atoms. The Morgan fingerprint density at radius 2 is 2.11 bits per heavy atom. The topological polar surface area (TPSA) is 60.2 Å². The van der Waals surface area contributed by atoms with Crippen LogP contribution < -0.4 is 15.8 Å². The van der Waals surface area contributed by atoms with Crippen molar-refractivity contribution >= 4 is 44.7 Å². The molecule has 0 fully saturated rings. The molecule has 1 aromatic heterocycles. The van der Waals surface area contributed by atoms with E-state index in [0.717, 1.165) is 10.2 Å². The predicted octanol–water partition coefficient (Wildman–Crippen LogP) is 3.83. The summed E-state index contributed by atoms with van der Waals surface area (Å²) in [6, 6.07) is 8.97. The Balaban J connectivity index is 2.28. The molecular weight excluding hydrogens is 318 g/mol. The Bertz CT molecular complexity index is 577. The highest BCUT2D eigenvalue weighted by Gasteiger charge is 2.05. The molecule has 94 valence electrons. The number of nitrogens with two attached hydrogens (primary N) is 1. The fraction of sp³-hybridized carbons (Fsp3) is 0.0833. The lowest BCUT2D eigenvalue weighted by molar-refractivity contribution is 0.401. The summed E-state index contributed by atoms with van der Waals surface area (Å²) < 4.78 is 5.92. The second-order valence-electron chi connectivity index (χ2n) is 3.54. The second-order valence-corrected chi connectivity index (χ2v) is 4.83. The fourth-order valence-corrected chi connectivity index (χ4v) is 2.19. The molecule has 2 aromatic rings. The highest BCUT2D eigenvalue weighted by atomic mass is 79.9. The van der Waals surface area contributed by atoms with Gasteiger partial charge in [-0.05, 0) is 46.3 Å². The number of rotatable bonds is 3. The molecular formula is C12H11BrClN3O. The van der Waals surface area contributed by atoms with Gasteiger partial charge in [0.1, 0.15) is 5.82 Å². The highest BCUT2D eigenvalue weighted by molar-refractivity contribution is 9.10. The van der Waals surface area contributed by atoms with Gasteiger partial charge < -0.3 is 15.8 Å². The van der Waals surface area contributed by atoms with Gasteiger partial charge >= 0.3 is 0 Å². The first-order valence-electron chi connectivity index (χ1n) is 5.12. The fourth-order valence-electron chi connectivity index (χ4n) is 1.41. The highest BCUT2D eigenvalue weighted by Crippen LogP contribution is 2.29. The van der Waals surface area contributed by atoms with E-state index in [4.69, 9.17) is 22.1 Å². The summed E-state index contributed by atoms with van der Waals surface area (Å²) >= 11 is 9.30. The van der Waals surface area contributed by atoms with Crippen LogP contribution in [0.5, 0.6) is 5.88 Å². The molecule has 2 rings (SSSR count). The summed E-state index contributed by atoms with van der Waals surface area (Å²) in [6.45, 7) is 0. The number of ether oxygens (including phenoxy) is 1. The predicted molar refractivity (Wildman–Crippen MR) is 77.6 cm³/mol. The Morgan fingerprint density at radius 3 is 2.78 bits per heavy atom. The maximum Gasteiger partial charge on any atom is 0.238 e. The summed E-state index contributed by atoms with van der Waals surface area (Å²) in [6.07, 6.45) is 0. The minimum Gasteiger partial charge on any atom is -0.479 e. The van der Waals surface area contributed by atoms with Crippen molar-refractivity contribution in [1.82, 2.24) is 4.98 Å². The number of nitrogens with zero attached hydrogens (tertiary/aromatic N) is 1. The quantitative estimate of drug-likeness (QED) is 0.899. The number of halogens is 2. The van der Waals surface area contributed by atoms with Crippen molar-refractivity contribution in [2.75, 3.05) is 18.2 Å². The summed E-state index contributed by atoms with van der Waals surface area (Å²) in [5.74, 6) is 1.04.